The van der Waals surface area contributed by atoms with E-state index < -0.39 is 17.5 Å². The van der Waals surface area contributed by atoms with Gasteiger partial charge in [-0.2, -0.15) is 11.8 Å². The monoisotopic (exact) mass is 275 g/mol. The van der Waals surface area contributed by atoms with E-state index in [1.54, 1.807) is 11.8 Å². The lowest BCUT2D eigenvalue weighted by Crippen LogP contribution is -2.41. The van der Waals surface area contributed by atoms with Crippen LogP contribution in [0.15, 0.2) is 12.1 Å². The smallest absolute Gasteiger partial charge is 0.196 e. The van der Waals surface area contributed by atoms with Gasteiger partial charge in [-0.25, -0.2) is 13.2 Å². The fourth-order valence-corrected chi connectivity index (χ4v) is 3.61. The van der Waals surface area contributed by atoms with Crippen molar-refractivity contribution in [1.29, 1.82) is 0 Å². The molecule has 1 heterocycles. The molecule has 100 valence electrons. The Labute approximate surface area is 109 Å². The molecule has 1 saturated heterocycles. The summed E-state index contributed by atoms with van der Waals surface area (Å²) in [5.74, 6) is -1.80. The fraction of sp³-hybridized carbons (Fsp3) is 0.538. The van der Waals surface area contributed by atoms with Crippen LogP contribution in [0.1, 0.15) is 20.3 Å². The molecule has 2 rings (SSSR count). The Bertz CT molecular complexity index is 448. The minimum Gasteiger partial charge on any atom is -0.378 e. The van der Waals surface area contributed by atoms with Crippen LogP contribution in [0.2, 0.25) is 0 Å². The zero-order valence-electron chi connectivity index (χ0n) is 10.4. The van der Waals surface area contributed by atoms with Crippen LogP contribution < -0.4 is 5.32 Å². The molecule has 1 aliphatic heterocycles. The Morgan fingerprint density at radius 2 is 1.94 bits per heavy atom. The van der Waals surface area contributed by atoms with Crippen LogP contribution in [0.5, 0.6) is 0 Å². The molecule has 0 radical (unpaired) electrons. The molecule has 1 unspecified atom stereocenters. The second-order valence-electron chi connectivity index (χ2n) is 5.23. The average molecular weight is 275 g/mol. The van der Waals surface area contributed by atoms with Gasteiger partial charge >= 0.3 is 0 Å². The normalized spacial score (nSPS) is 22.8. The standard InChI is InChI=1S/C13H16F3NS/c1-13(2)5-6-18-7-10(13)17-9-4-3-8(14)11(15)12(9)16/h3-4,10,17H,5-7H2,1-2H3. The van der Waals surface area contributed by atoms with Gasteiger partial charge in [0.05, 0.1) is 5.69 Å². The molecule has 0 aliphatic carbocycles. The summed E-state index contributed by atoms with van der Waals surface area (Å²) in [4.78, 5) is 0. The van der Waals surface area contributed by atoms with Gasteiger partial charge < -0.3 is 5.32 Å². The fourth-order valence-electron chi connectivity index (χ4n) is 2.00. The van der Waals surface area contributed by atoms with Crippen LogP contribution in [0, 0.1) is 22.9 Å². The van der Waals surface area contributed by atoms with E-state index in [1.165, 1.54) is 6.07 Å². The van der Waals surface area contributed by atoms with Gasteiger partial charge in [0, 0.05) is 11.8 Å². The van der Waals surface area contributed by atoms with Crippen LogP contribution in [0.25, 0.3) is 0 Å². The summed E-state index contributed by atoms with van der Waals surface area (Å²) >= 11 is 1.78. The average Bonchev–Trinajstić information content (AvgIpc) is 2.32. The third-order valence-electron chi connectivity index (χ3n) is 3.48. The molecule has 1 aromatic rings. The molecule has 18 heavy (non-hydrogen) atoms. The molecule has 0 bridgehead atoms. The van der Waals surface area contributed by atoms with Crippen molar-refractivity contribution in [3.63, 3.8) is 0 Å². The topological polar surface area (TPSA) is 12.0 Å². The van der Waals surface area contributed by atoms with Crippen LogP contribution in [0.4, 0.5) is 18.9 Å². The number of halogens is 3. The minimum absolute atomic E-state index is 0.0164. The maximum absolute atomic E-state index is 13.6. The third-order valence-corrected chi connectivity index (χ3v) is 4.55. The molecular formula is C13H16F3NS. The van der Waals surface area contributed by atoms with E-state index in [9.17, 15) is 13.2 Å². The number of rotatable bonds is 2. The van der Waals surface area contributed by atoms with Gasteiger partial charge in [0.25, 0.3) is 0 Å². The van der Waals surface area contributed by atoms with Crippen LogP contribution in [0.3, 0.4) is 0 Å². The van der Waals surface area contributed by atoms with Gasteiger partial charge in [-0.3, -0.25) is 0 Å². The summed E-state index contributed by atoms with van der Waals surface area (Å²) < 4.78 is 39.6. The first kappa shape index (κ1) is 13.6. The van der Waals surface area contributed by atoms with Gasteiger partial charge in [0.2, 0.25) is 0 Å². The maximum atomic E-state index is 13.6. The minimum atomic E-state index is -1.42. The number of thioether (sulfide) groups is 1. The van der Waals surface area contributed by atoms with E-state index in [0.717, 1.165) is 24.0 Å². The van der Waals surface area contributed by atoms with Crippen molar-refractivity contribution in [2.45, 2.75) is 26.3 Å². The molecule has 1 fully saturated rings. The second kappa shape index (κ2) is 5.03. The SMILES string of the molecule is CC1(C)CCSCC1Nc1ccc(F)c(F)c1F. The zero-order chi connectivity index (χ0) is 13.3. The first-order valence-corrected chi connectivity index (χ1v) is 7.05. The summed E-state index contributed by atoms with van der Waals surface area (Å²) in [6, 6.07) is 2.25. The lowest BCUT2D eigenvalue weighted by molar-refractivity contribution is 0.304. The van der Waals surface area contributed by atoms with Crippen molar-refractivity contribution in [2.24, 2.45) is 5.41 Å². The van der Waals surface area contributed by atoms with E-state index in [4.69, 9.17) is 0 Å². The summed E-state index contributed by atoms with van der Waals surface area (Å²) in [6.07, 6.45) is 1.01. The van der Waals surface area contributed by atoms with Gasteiger partial charge in [-0.1, -0.05) is 13.8 Å². The zero-order valence-corrected chi connectivity index (χ0v) is 11.2. The highest BCUT2D eigenvalue weighted by atomic mass is 32.2. The lowest BCUT2D eigenvalue weighted by atomic mass is 9.82. The molecule has 0 saturated carbocycles. The number of hydrogen-bond donors (Lipinski definition) is 1. The van der Waals surface area contributed by atoms with E-state index in [1.807, 2.05) is 0 Å². The van der Waals surface area contributed by atoms with Crippen LogP contribution in [-0.4, -0.2) is 17.5 Å². The van der Waals surface area contributed by atoms with Crippen molar-refractivity contribution < 1.29 is 13.2 Å². The molecule has 1 atom stereocenters. The van der Waals surface area contributed by atoms with Crippen molar-refractivity contribution in [1.82, 2.24) is 0 Å². The molecule has 5 heteroatoms. The summed E-state index contributed by atoms with van der Waals surface area (Å²) in [5, 5.41) is 3.00. The summed E-state index contributed by atoms with van der Waals surface area (Å²) in [7, 11) is 0. The number of benzene rings is 1. The largest absolute Gasteiger partial charge is 0.378 e. The molecule has 1 aliphatic rings. The quantitative estimate of drug-likeness (QED) is 0.817. The van der Waals surface area contributed by atoms with Crippen LogP contribution >= 0.6 is 11.8 Å². The highest BCUT2D eigenvalue weighted by molar-refractivity contribution is 7.99. The van der Waals surface area contributed by atoms with Crippen molar-refractivity contribution in [3.05, 3.63) is 29.6 Å². The van der Waals surface area contributed by atoms with Gasteiger partial charge in [0.1, 0.15) is 0 Å². The molecule has 0 spiro atoms. The Morgan fingerprint density at radius 3 is 2.61 bits per heavy atom. The number of anilines is 1. The highest BCUT2D eigenvalue weighted by Gasteiger charge is 2.33. The Kier molecular flexibility index (Phi) is 3.80. The molecule has 1 aromatic carbocycles. The second-order valence-corrected chi connectivity index (χ2v) is 6.38. The number of nitrogens with one attached hydrogen (secondary N) is 1. The van der Waals surface area contributed by atoms with Crippen molar-refractivity contribution >= 4 is 17.4 Å². The van der Waals surface area contributed by atoms with E-state index >= 15 is 0 Å². The summed E-state index contributed by atoms with van der Waals surface area (Å²) in [6.45, 7) is 4.20. The van der Waals surface area contributed by atoms with Crippen molar-refractivity contribution in [2.75, 3.05) is 16.8 Å². The predicted octanol–water partition coefficient (Wildman–Crippen LogP) is 4.05. The van der Waals surface area contributed by atoms with E-state index in [-0.39, 0.29) is 17.1 Å². The lowest BCUT2D eigenvalue weighted by Gasteiger charge is -2.39. The Morgan fingerprint density at radius 1 is 1.22 bits per heavy atom. The highest BCUT2D eigenvalue weighted by Crippen LogP contribution is 2.36. The molecule has 1 nitrogen and oxygen atoms in total. The molecule has 1 N–H and O–H groups in total. The van der Waals surface area contributed by atoms with Gasteiger partial charge in [-0.05, 0) is 29.7 Å². The third kappa shape index (κ3) is 2.60. The van der Waals surface area contributed by atoms with E-state index in [2.05, 4.69) is 19.2 Å². The van der Waals surface area contributed by atoms with Gasteiger partial charge in [0.15, 0.2) is 17.5 Å². The number of hydrogen-bond acceptors (Lipinski definition) is 2. The summed E-state index contributed by atoms with van der Waals surface area (Å²) in [5.41, 5.74) is 0.0530. The maximum Gasteiger partial charge on any atom is 0.196 e. The molecular weight excluding hydrogens is 259 g/mol. The van der Waals surface area contributed by atoms with Gasteiger partial charge in [-0.15, -0.1) is 0 Å². The van der Waals surface area contributed by atoms with Crippen molar-refractivity contribution in [3.8, 4) is 0 Å². The Hall–Kier alpha value is -0.840. The predicted molar refractivity (Wildman–Crippen MR) is 69.4 cm³/mol. The first-order valence-electron chi connectivity index (χ1n) is 5.89. The molecule has 0 aromatic heterocycles. The Balaban J connectivity index is 2.21. The van der Waals surface area contributed by atoms with Crippen LogP contribution in [-0.2, 0) is 0 Å². The molecule has 0 amide bonds. The van der Waals surface area contributed by atoms with E-state index in [0.29, 0.717) is 0 Å². The first-order chi connectivity index (χ1) is 8.42.